The van der Waals surface area contributed by atoms with Crippen LogP contribution in [0.1, 0.15) is 47.0 Å². The van der Waals surface area contributed by atoms with E-state index >= 15 is 0 Å². The van der Waals surface area contributed by atoms with Crippen molar-refractivity contribution in [2.45, 2.75) is 59.1 Å². The summed E-state index contributed by atoms with van der Waals surface area (Å²) in [4.78, 5) is 0. The van der Waals surface area contributed by atoms with Crippen LogP contribution in [-0.2, 0) is 9.47 Å². The molecule has 0 saturated heterocycles. The summed E-state index contributed by atoms with van der Waals surface area (Å²) in [5.41, 5.74) is 0. The van der Waals surface area contributed by atoms with Crippen molar-refractivity contribution in [3.63, 3.8) is 0 Å². The maximum absolute atomic E-state index is 5.67. The van der Waals surface area contributed by atoms with Crippen LogP contribution in [0.4, 0.5) is 0 Å². The molecule has 0 fully saturated rings. The minimum absolute atomic E-state index is 0.309. The molecule has 0 aromatic heterocycles. The predicted octanol–water partition coefficient (Wildman–Crippen LogP) is 2.60. The quantitative estimate of drug-likeness (QED) is 0.554. The topological polar surface area (TPSA) is 30.5 Å². The van der Waals surface area contributed by atoms with Gasteiger partial charge in [-0.15, -0.1) is 0 Å². The van der Waals surface area contributed by atoms with Crippen molar-refractivity contribution in [3.8, 4) is 0 Å². The first-order chi connectivity index (χ1) is 7.70. The standard InChI is InChI=1S/C13H29NO2/c1-5-7-8-15-9-10-16-13(4)11-12(3)14-6-2/h12-14H,5-11H2,1-4H3. The molecule has 0 heterocycles. The van der Waals surface area contributed by atoms with Crippen LogP contribution in [0.3, 0.4) is 0 Å². The summed E-state index contributed by atoms with van der Waals surface area (Å²) in [6, 6.07) is 0.529. The third-order valence-corrected chi connectivity index (χ3v) is 2.51. The highest BCUT2D eigenvalue weighted by Gasteiger charge is 2.07. The molecule has 3 heteroatoms. The van der Waals surface area contributed by atoms with Crippen LogP contribution in [0.2, 0.25) is 0 Å². The zero-order valence-corrected chi connectivity index (χ0v) is 11.4. The lowest BCUT2D eigenvalue weighted by atomic mass is 10.1. The highest BCUT2D eigenvalue weighted by Crippen LogP contribution is 2.01. The van der Waals surface area contributed by atoms with E-state index in [0.717, 1.165) is 32.6 Å². The molecule has 2 unspecified atom stereocenters. The fourth-order valence-corrected chi connectivity index (χ4v) is 1.65. The Bertz CT molecular complexity index is 142. The SMILES string of the molecule is CCCCOCCOC(C)CC(C)NCC. The Morgan fingerprint density at radius 1 is 1.06 bits per heavy atom. The van der Waals surface area contributed by atoms with E-state index in [4.69, 9.17) is 9.47 Å². The molecular formula is C13H29NO2. The van der Waals surface area contributed by atoms with E-state index in [1.807, 2.05) is 0 Å². The maximum atomic E-state index is 5.67. The van der Waals surface area contributed by atoms with Crippen LogP contribution in [0.15, 0.2) is 0 Å². The van der Waals surface area contributed by atoms with Crippen molar-refractivity contribution in [1.82, 2.24) is 5.32 Å². The van der Waals surface area contributed by atoms with E-state index < -0.39 is 0 Å². The van der Waals surface area contributed by atoms with Gasteiger partial charge in [-0.05, 0) is 33.2 Å². The zero-order valence-electron chi connectivity index (χ0n) is 11.4. The summed E-state index contributed by atoms with van der Waals surface area (Å²) in [5.74, 6) is 0. The van der Waals surface area contributed by atoms with E-state index in [2.05, 4.69) is 33.0 Å². The van der Waals surface area contributed by atoms with Gasteiger partial charge in [-0.3, -0.25) is 0 Å². The molecule has 2 atom stereocenters. The third-order valence-electron chi connectivity index (χ3n) is 2.51. The third kappa shape index (κ3) is 10.4. The van der Waals surface area contributed by atoms with Crippen molar-refractivity contribution in [2.24, 2.45) is 0 Å². The predicted molar refractivity (Wildman–Crippen MR) is 68.9 cm³/mol. The Labute approximate surface area is 101 Å². The van der Waals surface area contributed by atoms with E-state index in [-0.39, 0.29) is 0 Å². The van der Waals surface area contributed by atoms with Gasteiger partial charge in [0.2, 0.25) is 0 Å². The molecule has 0 aromatic carbocycles. The summed E-state index contributed by atoms with van der Waals surface area (Å²) in [6.45, 7) is 11.9. The largest absolute Gasteiger partial charge is 0.379 e. The smallest absolute Gasteiger partial charge is 0.0704 e. The van der Waals surface area contributed by atoms with Gasteiger partial charge in [-0.1, -0.05) is 20.3 Å². The van der Waals surface area contributed by atoms with E-state index in [9.17, 15) is 0 Å². The lowest BCUT2D eigenvalue weighted by molar-refractivity contribution is 0.00565. The molecule has 0 rings (SSSR count). The lowest BCUT2D eigenvalue weighted by Crippen LogP contribution is -2.30. The minimum Gasteiger partial charge on any atom is -0.379 e. The van der Waals surface area contributed by atoms with Crippen molar-refractivity contribution in [2.75, 3.05) is 26.4 Å². The highest BCUT2D eigenvalue weighted by atomic mass is 16.5. The molecular weight excluding hydrogens is 202 g/mol. The Morgan fingerprint density at radius 3 is 2.44 bits per heavy atom. The first-order valence-electron chi connectivity index (χ1n) is 6.63. The Balaban J connectivity index is 3.26. The fourth-order valence-electron chi connectivity index (χ4n) is 1.65. The normalized spacial score (nSPS) is 15.0. The van der Waals surface area contributed by atoms with Gasteiger partial charge in [0.1, 0.15) is 0 Å². The van der Waals surface area contributed by atoms with E-state index in [1.54, 1.807) is 0 Å². The molecule has 0 aliphatic rings. The Kier molecular flexibility index (Phi) is 11.3. The van der Waals surface area contributed by atoms with Crippen molar-refractivity contribution >= 4 is 0 Å². The molecule has 0 amide bonds. The van der Waals surface area contributed by atoms with Gasteiger partial charge in [0.05, 0.1) is 19.3 Å². The number of ether oxygens (including phenoxy) is 2. The van der Waals surface area contributed by atoms with Gasteiger partial charge < -0.3 is 14.8 Å². The van der Waals surface area contributed by atoms with E-state index in [1.165, 1.54) is 6.42 Å². The van der Waals surface area contributed by atoms with Crippen LogP contribution >= 0.6 is 0 Å². The van der Waals surface area contributed by atoms with Crippen LogP contribution in [0.25, 0.3) is 0 Å². The molecule has 98 valence electrons. The Hall–Kier alpha value is -0.120. The molecule has 0 radical (unpaired) electrons. The number of unbranched alkanes of at least 4 members (excludes halogenated alkanes) is 1. The van der Waals surface area contributed by atoms with Crippen LogP contribution in [-0.4, -0.2) is 38.5 Å². The number of rotatable bonds is 11. The molecule has 0 aromatic rings. The number of hydrogen-bond donors (Lipinski definition) is 1. The van der Waals surface area contributed by atoms with Gasteiger partial charge in [0, 0.05) is 12.6 Å². The van der Waals surface area contributed by atoms with Gasteiger partial charge in [0.15, 0.2) is 0 Å². The monoisotopic (exact) mass is 231 g/mol. The van der Waals surface area contributed by atoms with Crippen molar-refractivity contribution in [3.05, 3.63) is 0 Å². The molecule has 1 N–H and O–H groups in total. The average molecular weight is 231 g/mol. The second-order valence-electron chi connectivity index (χ2n) is 4.34. The van der Waals surface area contributed by atoms with Crippen LogP contribution in [0.5, 0.6) is 0 Å². The van der Waals surface area contributed by atoms with Crippen LogP contribution in [0, 0.1) is 0 Å². The first-order valence-corrected chi connectivity index (χ1v) is 6.63. The summed E-state index contributed by atoms with van der Waals surface area (Å²) in [7, 11) is 0. The lowest BCUT2D eigenvalue weighted by Gasteiger charge is -2.18. The zero-order chi connectivity index (χ0) is 12.2. The van der Waals surface area contributed by atoms with Crippen LogP contribution < -0.4 is 5.32 Å². The summed E-state index contributed by atoms with van der Waals surface area (Å²) < 4.78 is 11.1. The molecule has 0 spiro atoms. The van der Waals surface area contributed by atoms with Crippen molar-refractivity contribution < 1.29 is 9.47 Å². The number of hydrogen-bond acceptors (Lipinski definition) is 3. The summed E-state index contributed by atoms with van der Waals surface area (Å²) in [6.07, 6.45) is 3.71. The molecule has 0 bridgehead atoms. The van der Waals surface area contributed by atoms with Gasteiger partial charge in [-0.25, -0.2) is 0 Å². The Morgan fingerprint density at radius 2 is 1.81 bits per heavy atom. The summed E-state index contributed by atoms with van der Waals surface area (Å²) in [5, 5.41) is 3.38. The second-order valence-corrected chi connectivity index (χ2v) is 4.34. The van der Waals surface area contributed by atoms with E-state index in [0.29, 0.717) is 18.8 Å². The minimum atomic E-state index is 0.309. The fraction of sp³-hybridized carbons (Fsp3) is 1.00. The first kappa shape index (κ1) is 15.9. The highest BCUT2D eigenvalue weighted by molar-refractivity contribution is 4.63. The molecule has 16 heavy (non-hydrogen) atoms. The number of nitrogens with one attached hydrogen (secondary N) is 1. The van der Waals surface area contributed by atoms with Gasteiger partial charge in [-0.2, -0.15) is 0 Å². The average Bonchev–Trinajstić information content (AvgIpc) is 2.23. The molecule has 0 saturated carbocycles. The van der Waals surface area contributed by atoms with Gasteiger partial charge in [0.25, 0.3) is 0 Å². The maximum Gasteiger partial charge on any atom is 0.0704 e. The molecule has 3 nitrogen and oxygen atoms in total. The van der Waals surface area contributed by atoms with Crippen molar-refractivity contribution in [1.29, 1.82) is 0 Å². The summed E-state index contributed by atoms with van der Waals surface area (Å²) >= 11 is 0. The molecule has 0 aliphatic carbocycles. The van der Waals surface area contributed by atoms with Gasteiger partial charge >= 0.3 is 0 Å². The molecule has 0 aliphatic heterocycles. The second kappa shape index (κ2) is 11.4.